The molecule has 0 bridgehead atoms. The van der Waals surface area contributed by atoms with Crippen molar-refractivity contribution < 1.29 is 5.11 Å². The lowest BCUT2D eigenvalue weighted by Crippen LogP contribution is -2.58. The second-order valence-corrected chi connectivity index (χ2v) is 6.92. The Morgan fingerprint density at radius 3 is 2.70 bits per heavy atom. The summed E-state index contributed by atoms with van der Waals surface area (Å²) in [5.41, 5.74) is 3.64. The van der Waals surface area contributed by atoms with E-state index in [2.05, 4.69) is 9.88 Å². The smallest absolute Gasteiger partial charge is 0.115 e. The fraction of sp³-hybridized carbons (Fsp3) is 0.438. The number of benzene rings is 1. The van der Waals surface area contributed by atoms with E-state index in [4.69, 9.17) is 0 Å². The normalized spacial score (nSPS) is 21.6. The molecule has 0 radical (unpaired) electrons. The van der Waals surface area contributed by atoms with Crippen LogP contribution in [0, 0.1) is 0 Å². The van der Waals surface area contributed by atoms with Gasteiger partial charge < -0.3 is 5.11 Å². The highest BCUT2D eigenvalue weighted by Gasteiger charge is 2.43. The van der Waals surface area contributed by atoms with Crippen LogP contribution in [0.15, 0.2) is 35.8 Å². The van der Waals surface area contributed by atoms with Crippen molar-refractivity contribution in [3.05, 3.63) is 52.0 Å². The number of thiazole rings is 1. The third-order valence-corrected chi connectivity index (χ3v) is 5.12. The minimum absolute atomic E-state index is 0.661. The average molecular weight is 286 g/mol. The zero-order valence-electron chi connectivity index (χ0n) is 11.3. The zero-order chi connectivity index (χ0) is 13.6. The van der Waals surface area contributed by atoms with E-state index in [1.54, 1.807) is 11.3 Å². The number of rotatable bonds is 4. The fourth-order valence-corrected chi connectivity index (χ4v) is 3.92. The van der Waals surface area contributed by atoms with E-state index in [1.165, 1.54) is 23.4 Å². The first-order chi connectivity index (χ1) is 9.74. The van der Waals surface area contributed by atoms with Crippen LogP contribution in [-0.2, 0) is 12.1 Å². The highest BCUT2D eigenvalue weighted by molar-refractivity contribution is 7.09. The SMILES string of the molecule is OC1(c2ccccc2)CN(Cc2scnc2C2CC2)C1. The number of aliphatic hydroxyl groups is 1. The number of hydrogen-bond acceptors (Lipinski definition) is 4. The van der Waals surface area contributed by atoms with Crippen molar-refractivity contribution in [1.82, 2.24) is 9.88 Å². The average Bonchev–Trinajstić information content (AvgIpc) is 3.18. The molecule has 1 N–H and O–H groups in total. The molecule has 2 aromatic rings. The van der Waals surface area contributed by atoms with E-state index in [0.717, 1.165) is 25.2 Å². The topological polar surface area (TPSA) is 36.4 Å². The molecule has 1 aliphatic heterocycles. The van der Waals surface area contributed by atoms with Crippen LogP contribution in [0.4, 0.5) is 0 Å². The summed E-state index contributed by atoms with van der Waals surface area (Å²) in [6, 6.07) is 10.00. The maximum Gasteiger partial charge on any atom is 0.115 e. The summed E-state index contributed by atoms with van der Waals surface area (Å²) >= 11 is 1.76. The number of hydrogen-bond donors (Lipinski definition) is 1. The first-order valence-corrected chi connectivity index (χ1v) is 8.05. The highest BCUT2D eigenvalue weighted by Crippen LogP contribution is 2.43. The van der Waals surface area contributed by atoms with Gasteiger partial charge >= 0.3 is 0 Å². The van der Waals surface area contributed by atoms with Gasteiger partial charge in [0.05, 0.1) is 11.2 Å². The summed E-state index contributed by atoms with van der Waals surface area (Å²) < 4.78 is 0. The highest BCUT2D eigenvalue weighted by atomic mass is 32.1. The summed E-state index contributed by atoms with van der Waals surface area (Å²) in [6.45, 7) is 2.38. The van der Waals surface area contributed by atoms with Gasteiger partial charge in [-0.3, -0.25) is 4.90 Å². The number of aromatic nitrogens is 1. The molecule has 1 saturated heterocycles. The van der Waals surface area contributed by atoms with Gasteiger partial charge in [0.25, 0.3) is 0 Å². The van der Waals surface area contributed by atoms with Crippen LogP contribution in [0.5, 0.6) is 0 Å². The Morgan fingerprint density at radius 2 is 2.00 bits per heavy atom. The van der Waals surface area contributed by atoms with Crippen molar-refractivity contribution in [2.75, 3.05) is 13.1 Å². The van der Waals surface area contributed by atoms with Crippen LogP contribution in [0.3, 0.4) is 0 Å². The summed E-state index contributed by atoms with van der Waals surface area (Å²) in [5.74, 6) is 0.713. The van der Waals surface area contributed by atoms with Crippen LogP contribution in [0.1, 0.15) is 34.9 Å². The maximum absolute atomic E-state index is 10.6. The molecule has 20 heavy (non-hydrogen) atoms. The minimum atomic E-state index is -0.661. The first-order valence-electron chi connectivity index (χ1n) is 7.17. The van der Waals surface area contributed by atoms with Gasteiger partial charge in [-0.2, -0.15) is 0 Å². The molecule has 3 nitrogen and oxygen atoms in total. The third-order valence-electron chi connectivity index (χ3n) is 4.29. The zero-order valence-corrected chi connectivity index (χ0v) is 12.1. The van der Waals surface area contributed by atoms with Gasteiger partial charge in [-0.25, -0.2) is 4.98 Å². The van der Waals surface area contributed by atoms with E-state index in [-0.39, 0.29) is 0 Å². The molecule has 0 amide bonds. The van der Waals surface area contributed by atoms with Gasteiger partial charge in [-0.05, 0) is 18.4 Å². The molecule has 4 rings (SSSR count). The van der Waals surface area contributed by atoms with E-state index in [1.807, 2.05) is 35.8 Å². The summed E-state index contributed by atoms with van der Waals surface area (Å²) in [5, 5.41) is 10.6. The Morgan fingerprint density at radius 1 is 1.25 bits per heavy atom. The predicted octanol–water partition coefficient (Wildman–Crippen LogP) is 2.72. The lowest BCUT2D eigenvalue weighted by molar-refractivity contribution is -0.107. The van der Waals surface area contributed by atoms with Crippen molar-refractivity contribution in [2.45, 2.75) is 30.9 Å². The molecule has 2 heterocycles. The lowest BCUT2D eigenvalue weighted by Gasteiger charge is -2.46. The minimum Gasteiger partial charge on any atom is -0.382 e. The molecule has 0 unspecified atom stereocenters. The van der Waals surface area contributed by atoms with Crippen LogP contribution < -0.4 is 0 Å². The third kappa shape index (κ3) is 2.18. The van der Waals surface area contributed by atoms with E-state index < -0.39 is 5.60 Å². The Balaban J connectivity index is 1.42. The van der Waals surface area contributed by atoms with Crippen molar-refractivity contribution in [3.63, 3.8) is 0 Å². The summed E-state index contributed by atoms with van der Waals surface area (Å²) in [6.07, 6.45) is 2.59. The largest absolute Gasteiger partial charge is 0.382 e. The molecule has 1 aromatic carbocycles. The summed E-state index contributed by atoms with van der Waals surface area (Å²) in [4.78, 5) is 8.22. The van der Waals surface area contributed by atoms with Gasteiger partial charge in [0.15, 0.2) is 0 Å². The van der Waals surface area contributed by atoms with Gasteiger partial charge in [0.2, 0.25) is 0 Å². The molecule has 104 valence electrons. The number of nitrogens with zero attached hydrogens (tertiary/aromatic N) is 2. The molecule has 1 aliphatic carbocycles. The standard InChI is InChI=1S/C16H18N2OS/c19-16(13-4-2-1-3-5-13)9-18(10-16)8-14-15(12-6-7-12)17-11-20-14/h1-5,11-12,19H,6-10H2. The van der Waals surface area contributed by atoms with Crippen molar-refractivity contribution in [2.24, 2.45) is 0 Å². The lowest BCUT2D eigenvalue weighted by atomic mass is 9.86. The Hall–Kier alpha value is -1.23. The molecule has 4 heteroatoms. The van der Waals surface area contributed by atoms with Gasteiger partial charge in [0, 0.05) is 30.4 Å². The molecule has 1 aromatic heterocycles. The quantitative estimate of drug-likeness (QED) is 0.939. The molecular weight excluding hydrogens is 268 g/mol. The van der Waals surface area contributed by atoms with Crippen LogP contribution in [-0.4, -0.2) is 28.1 Å². The van der Waals surface area contributed by atoms with Crippen LogP contribution in [0.2, 0.25) is 0 Å². The second-order valence-electron chi connectivity index (χ2n) is 5.98. The van der Waals surface area contributed by atoms with E-state index in [0.29, 0.717) is 5.92 Å². The summed E-state index contributed by atoms with van der Waals surface area (Å²) in [7, 11) is 0. The molecule has 2 fully saturated rings. The molecule has 2 aliphatic rings. The predicted molar refractivity (Wildman–Crippen MR) is 79.7 cm³/mol. The molecule has 0 atom stereocenters. The Labute approximate surface area is 122 Å². The number of likely N-dealkylation sites (tertiary alicyclic amines) is 1. The van der Waals surface area contributed by atoms with Crippen LogP contribution in [0.25, 0.3) is 0 Å². The monoisotopic (exact) mass is 286 g/mol. The second kappa shape index (κ2) is 4.65. The van der Waals surface area contributed by atoms with Crippen molar-refractivity contribution >= 4 is 11.3 Å². The Bertz CT molecular complexity index is 600. The van der Waals surface area contributed by atoms with Gasteiger partial charge in [-0.1, -0.05) is 30.3 Å². The molecule has 1 saturated carbocycles. The van der Waals surface area contributed by atoms with Crippen LogP contribution >= 0.6 is 11.3 Å². The van der Waals surface area contributed by atoms with Crippen molar-refractivity contribution in [3.8, 4) is 0 Å². The molecular formula is C16H18N2OS. The fourth-order valence-electron chi connectivity index (χ4n) is 3.03. The van der Waals surface area contributed by atoms with E-state index in [9.17, 15) is 5.11 Å². The maximum atomic E-state index is 10.6. The van der Waals surface area contributed by atoms with Gasteiger partial charge in [0.1, 0.15) is 5.60 Å². The molecule has 0 spiro atoms. The van der Waals surface area contributed by atoms with E-state index >= 15 is 0 Å². The van der Waals surface area contributed by atoms with Gasteiger partial charge in [-0.15, -0.1) is 11.3 Å². The van der Waals surface area contributed by atoms with Crippen molar-refractivity contribution in [1.29, 1.82) is 0 Å². The Kier molecular flexibility index (Phi) is 2.91. The first kappa shape index (κ1) is 12.5. The number of β-amino-alcohol motifs (C(OH)–C–C–N with tert-alkyl or cyclic N) is 1.